The van der Waals surface area contributed by atoms with Crippen molar-refractivity contribution >= 4 is 18.3 Å². The van der Waals surface area contributed by atoms with Crippen molar-refractivity contribution in [3.63, 3.8) is 0 Å². The first-order chi connectivity index (χ1) is 4.20. The molecule has 0 fully saturated rings. The summed E-state index contributed by atoms with van der Waals surface area (Å²) >= 11 is 0. The fourth-order valence-electron chi connectivity index (χ4n) is 0.412. The fraction of sp³-hybridized carbons (Fsp3) is 0.250. The number of carbonyl (C=O) groups excluding carboxylic acids is 1. The number of hydrogen-bond acceptors (Lipinski definition) is 3. The van der Waals surface area contributed by atoms with Crippen LogP contribution >= 0.6 is 0 Å². The van der Waals surface area contributed by atoms with Crippen molar-refractivity contribution in [2.75, 3.05) is 0 Å². The number of ether oxygens (including phenoxy) is 1. The summed E-state index contributed by atoms with van der Waals surface area (Å²) in [6.45, 7) is 0. The number of rotatable bonds is 1. The first-order valence-corrected chi connectivity index (χ1v) is 2.18. The topological polar surface area (TPSA) is 76.0 Å². The van der Waals surface area contributed by atoms with Crippen molar-refractivity contribution < 1.29 is 19.4 Å². The van der Waals surface area contributed by atoms with Gasteiger partial charge >= 0.3 is 12.1 Å². The highest BCUT2D eigenvalue weighted by Gasteiger charge is 2.24. The number of cyclic esters (lactones) is 1. The van der Waals surface area contributed by atoms with E-state index in [1.54, 1.807) is 0 Å². The fourth-order valence-corrected chi connectivity index (χ4v) is 0.412. The summed E-state index contributed by atoms with van der Waals surface area (Å²) in [7, 11) is 0. The highest BCUT2D eigenvalue weighted by molar-refractivity contribution is 6.00. The lowest BCUT2D eigenvalue weighted by Crippen LogP contribution is -2.21. The average Bonchev–Trinajstić information content (AvgIpc) is 2.14. The second-order valence-electron chi connectivity index (χ2n) is 1.42. The monoisotopic (exact) mass is 129 g/mol. The van der Waals surface area contributed by atoms with Crippen molar-refractivity contribution in [2.45, 2.75) is 6.10 Å². The Hall–Kier alpha value is -1.39. The summed E-state index contributed by atoms with van der Waals surface area (Å²) < 4.78 is 4.16. The standard InChI is InChI=1S/C4H3NO4/c6-3(7)2-1-5-4(8)9-2/h1-2H,(H,6,7). The van der Waals surface area contributed by atoms with Crippen LogP contribution in [0.25, 0.3) is 0 Å². The summed E-state index contributed by atoms with van der Waals surface area (Å²) in [6, 6.07) is 0. The predicted octanol–water partition coefficient (Wildman–Crippen LogP) is -0.339. The van der Waals surface area contributed by atoms with Crippen molar-refractivity contribution in [1.82, 2.24) is 0 Å². The highest BCUT2D eigenvalue weighted by atomic mass is 16.6. The smallest absolute Gasteiger partial charge is 0.434 e. The second-order valence-corrected chi connectivity index (χ2v) is 1.42. The van der Waals surface area contributed by atoms with Crippen LogP contribution in [-0.2, 0) is 9.53 Å². The molecule has 1 unspecified atom stereocenters. The molecule has 0 aromatic heterocycles. The number of aliphatic carboxylic acids is 1. The Balaban J connectivity index is 2.60. The first-order valence-electron chi connectivity index (χ1n) is 2.18. The van der Waals surface area contributed by atoms with Crippen LogP contribution in [0.2, 0.25) is 0 Å². The third-order valence-corrected chi connectivity index (χ3v) is 0.787. The molecule has 0 aromatic rings. The molecule has 1 aliphatic heterocycles. The second kappa shape index (κ2) is 1.85. The van der Waals surface area contributed by atoms with Crippen LogP contribution in [0.5, 0.6) is 0 Å². The Bertz CT molecular complexity index is 185. The molecule has 0 spiro atoms. The maximum Gasteiger partial charge on any atom is 0.434 e. The minimum atomic E-state index is -1.20. The third-order valence-electron chi connectivity index (χ3n) is 0.787. The normalized spacial score (nSPS) is 24.0. The number of nitrogens with zero attached hydrogens (tertiary/aromatic N) is 1. The van der Waals surface area contributed by atoms with E-state index < -0.39 is 18.2 Å². The summed E-state index contributed by atoms with van der Waals surface area (Å²) in [6.07, 6.45) is -1.08. The average molecular weight is 129 g/mol. The van der Waals surface area contributed by atoms with Gasteiger partial charge in [-0.15, -0.1) is 0 Å². The Morgan fingerprint density at radius 2 is 2.56 bits per heavy atom. The molecule has 1 amide bonds. The van der Waals surface area contributed by atoms with E-state index >= 15 is 0 Å². The molecule has 1 atom stereocenters. The number of amides is 1. The molecule has 0 aliphatic carbocycles. The first kappa shape index (κ1) is 5.74. The highest BCUT2D eigenvalue weighted by Crippen LogP contribution is 1.99. The quantitative estimate of drug-likeness (QED) is 0.525. The van der Waals surface area contributed by atoms with Crippen LogP contribution in [0.1, 0.15) is 0 Å². The molecule has 1 rings (SSSR count). The molecule has 5 nitrogen and oxygen atoms in total. The van der Waals surface area contributed by atoms with Crippen LogP contribution in [0.4, 0.5) is 4.79 Å². The lowest BCUT2D eigenvalue weighted by molar-refractivity contribution is -0.142. The lowest BCUT2D eigenvalue weighted by Gasteiger charge is -1.96. The number of hydrogen-bond donors (Lipinski definition) is 1. The van der Waals surface area contributed by atoms with Crippen molar-refractivity contribution in [2.24, 2.45) is 4.99 Å². The van der Waals surface area contributed by atoms with Crippen molar-refractivity contribution in [1.29, 1.82) is 0 Å². The van der Waals surface area contributed by atoms with Crippen LogP contribution < -0.4 is 0 Å². The van der Waals surface area contributed by atoms with E-state index in [0.29, 0.717) is 0 Å². The molecule has 0 saturated heterocycles. The van der Waals surface area contributed by atoms with Gasteiger partial charge in [0.25, 0.3) is 0 Å². The van der Waals surface area contributed by atoms with E-state index in [9.17, 15) is 9.59 Å². The number of carboxylic acid groups (broad SMARTS) is 1. The van der Waals surface area contributed by atoms with Gasteiger partial charge in [-0.1, -0.05) is 0 Å². The molecule has 48 valence electrons. The number of carboxylic acids is 1. The predicted molar refractivity (Wildman–Crippen MR) is 26.4 cm³/mol. The molecule has 5 heteroatoms. The molecule has 0 aromatic carbocycles. The van der Waals surface area contributed by atoms with E-state index in [1.807, 2.05) is 0 Å². The van der Waals surface area contributed by atoms with E-state index in [1.165, 1.54) is 0 Å². The molecular weight excluding hydrogens is 126 g/mol. The van der Waals surface area contributed by atoms with Gasteiger partial charge < -0.3 is 9.84 Å². The molecule has 0 saturated carbocycles. The van der Waals surface area contributed by atoms with E-state index in [0.717, 1.165) is 6.21 Å². The largest absolute Gasteiger partial charge is 0.478 e. The molecule has 9 heavy (non-hydrogen) atoms. The third kappa shape index (κ3) is 1.04. The van der Waals surface area contributed by atoms with Gasteiger partial charge in [-0.2, -0.15) is 4.99 Å². The minimum absolute atomic E-state index is 0.845. The van der Waals surface area contributed by atoms with Gasteiger partial charge in [-0.3, -0.25) is 0 Å². The summed E-state index contributed by atoms with van der Waals surface area (Å²) in [5.74, 6) is -1.20. The molecule has 1 heterocycles. The van der Waals surface area contributed by atoms with Crippen LogP contribution in [-0.4, -0.2) is 29.5 Å². The summed E-state index contributed by atoms with van der Waals surface area (Å²) in [5, 5.41) is 8.16. The molecule has 1 N–H and O–H groups in total. The van der Waals surface area contributed by atoms with Gasteiger partial charge in [-0.05, 0) is 0 Å². The minimum Gasteiger partial charge on any atom is -0.478 e. The molecule has 1 aliphatic rings. The zero-order chi connectivity index (χ0) is 6.85. The van der Waals surface area contributed by atoms with Crippen molar-refractivity contribution in [3.05, 3.63) is 0 Å². The van der Waals surface area contributed by atoms with Gasteiger partial charge in [-0.25, -0.2) is 9.59 Å². The van der Waals surface area contributed by atoms with Gasteiger partial charge in [0.05, 0.1) is 6.21 Å². The van der Waals surface area contributed by atoms with Crippen molar-refractivity contribution in [3.8, 4) is 0 Å². The number of aliphatic imine (C=N–C) groups is 1. The SMILES string of the molecule is O=C1N=CC(C(=O)O)O1. The lowest BCUT2D eigenvalue weighted by atomic mass is 10.4. The van der Waals surface area contributed by atoms with Crippen LogP contribution in [0.15, 0.2) is 4.99 Å². The summed E-state index contributed by atoms with van der Waals surface area (Å²) in [5.41, 5.74) is 0. The zero-order valence-electron chi connectivity index (χ0n) is 4.27. The van der Waals surface area contributed by atoms with E-state index in [-0.39, 0.29) is 0 Å². The van der Waals surface area contributed by atoms with E-state index in [2.05, 4.69) is 9.73 Å². The van der Waals surface area contributed by atoms with Gasteiger partial charge in [0.1, 0.15) is 0 Å². The molecule has 0 bridgehead atoms. The number of carbonyl (C=O) groups is 2. The molecule has 0 radical (unpaired) electrons. The van der Waals surface area contributed by atoms with Gasteiger partial charge in [0.15, 0.2) is 0 Å². The molecular formula is C4H3NO4. The summed E-state index contributed by atoms with van der Waals surface area (Å²) in [4.78, 5) is 23.1. The van der Waals surface area contributed by atoms with Crippen LogP contribution in [0, 0.1) is 0 Å². The Morgan fingerprint density at radius 1 is 1.89 bits per heavy atom. The Labute approximate surface area is 50.0 Å². The van der Waals surface area contributed by atoms with E-state index in [4.69, 9.17) is 5.11 Å². The maximum atomic E-state index is 10.1. The Kier molecular flexibility index (Phi) is 1.18. The Morgan fingerprint density at radius 3 is 2.78 bits per heavy atom. The van der Waals surface area contributed by atoms with Gasteiger partial charge in [0, 0.05) is 0 Å². The zero-order valence-corrected chi connectivity index (χ0v) is 4.27. The maximum absolute atomic E-state index is 10.1. The van der Waals surface area contributed by atoms with Gasteiger partial charge in [0.2, 0.25) is 6.10 Å². The van der Waals surface area contributed by atoms with Crippen LogP contribution in [0.3, 0.4) is 0 Å².